The molecule has 3 heterocycles. The maximum absolute atomic E-state index is 14.1. The minimum Gasteiger partial charge on any atom is -0.296 e. The van der Waals surface area contributed by atoms with Crippen LogP contribution in [0.15, 0.2) is 93.2 Å². The average Bonchev–Trinajstić information content (AvgIpc) is 3.65. The summed E-state index contributed by atoms with van der Waals surface area (Å²) in [4.78, 5) is 32.8. The lowest BCUT2D eigenvalue weighted by molar-refractivity contribution is 0.388. The van der Waals surface area contributed by atoms with Gasteiger partial charge in [0, 0.05) is 17.5 Å². The van der Waals surface area contributed by atoms with E-state index in [4.69, 9.17) is 4.52 Å². The highest BCUT2D eigenvalue weighted by Crippen LogP contribution is 2.30. The Morgan fingerprint density at radius 1 is 0.927 bits per heavy atom. The van der Waals surface area contributed by atoms with E-state index in [1.165, 1.54) is 11.9 Å². The summed E-state index contributed by atoms with van der Waals surface area (Å²) >= 11 is 0. The van der Waals surface area contributed by atoms with Crippen LogP contribution < -0.4 is 11.3 Å². The number of nitrogens with one attached hydrogen (secondary N) is 1. The molecular weight excluding hydrogens is 516 g/mol. The summed E-state index contributed by atoms with van der Waals surface area (Å²) in [5.41, 5.74) is 7.09. The van der Waals surface area contributed by atoms with Crippen molar-refractivity contribution in [2.75, 3.05) is 0 Å². The minimum atomic E-state index is -0.598. The van der Waals surface area contributed by atoms with E-state index in [-0.39, 0.29) is 5.56 Å². The van der Waals surface area contributed by atoms with Gasteiger partial charge in [-0.3, -0.25) is 14.3 Å². The molecule has 0 aliphatic heterocycles. The van der Waals surface area contributed by atoms with Crippen molar-refractivity contribution < 1.29 is 4.52 Å². The highest BCUT2D eigenvalue weighted by Gasteiger charge is 2.20. The highest BCUT2D eigenvalue weighted by atomic mass is 16.5. The fourth-order valence-corrected chi connectivity index (χ4v) is 5.26. The molecule has 0 aliphatic rings. The van der Waals surface area contributed by atoms with Crippen LogP contribution in [0.3, 0.4) is 0 Å². The van der Waals surface area contributed by atoms with Gasteiger partial charge in [0.05, 0.1) is 11.4 Å². The van der Waals surface area contributed by atoms with Crippen molar-refractivity contribution >= 4 is 5.78 Å². The Kier molecular flexibility index (Phi) is 6.93. The number of aromatic nitrogens is 6. The van der Waals surface area contributed by atoms with Crippen LogP contribution in [0, 0.1) is 0 Å². The van der Waals surface area contributed by atoms with Crippen molar-refractivity contribution in [2.45, 2.75) is 46.0 Å². The monoisotopic (exact) mass is 546 g/mol. The van der Waals surface area contributed by atoms with E-state index >= 15 is 0 Å². The van der Waals surface area contributed by atoms with Gasteiger partial charge in [0.25, 0.3) is 5.56 Å². The molecule has 0 unspecified atom stereocenters. The smallest absolute Gasteiger partial charge is 0.296 e. The molecule has 0 saturated heterocycles. The van der Waals surface area contributed by atoms with Crippen LogP contribution in [-0.4, -0.2) is 29.3 Å². The number of hydrogen-bond acceptors (Lipinski definition) is 6. The van der Waals surface area contributed by atoms with Crippen molar-refractivity contribution in [1.82, 2.24) is 29.3 Å². The summed E-state index contributed by atoms with van der Waals surface area (Å²) in [6.07, 6.45) is 3.53. The third kappa shape index (κ3) is 4.91. The Bertz CT molecular complexity index is 1940. The minimum absolute atomic E-state index is 0.0874. The Morgan fingerprint density at radius 2 is 1.66 bits per heavy atom. The van der Waals surface area contributed by atoms with Gasteiger partial charge in [-0.25, -0.2) is 13.9 Å². The molecule has 3 aromatic carbocycles. The van der Waals surface area contributed by atoms with E-state index in [9.17, 15) is 9.59 Å². The van der Waals surface area contributed by atoms with Gasteiger partial charge in [0.15, 0.2) is 5.82 Å². The number of nitrogens with zero attached hydrogens (tertiary/aromatic N) is 5. The van der Waals surface area contributed by atoms with Gasteiger partial charge < -0.3 is 0 Å². The third-order valence-electron chi connectivity index (χ3n) is 7.37. The number of benzene rings is 3. The Labute approximate surface area is 236 Å². The lowest BCUT2D eigenvalue weighted by atomic mass is 9.96. The summed E-state index contributed by atoms with van der Waals surface area (Å²) in [7, 11) is 0. The van der Waals surface area contributed by atoms with Gasteiger partial charge in [0.1, 0.15) is 6.33 Å². The number of hydrogen-bond donors (Lipinski definition) is 1. The number of rotatable bonds is 8. The van der Waals surface area contributed by atoms with Crippen molar-refractivity contribution in [1.29, 1.82) is 0 Å². The first-order valence-electron chi connectivity index (χ1n) is 13.8. The van der Waals surface area contributed by atoms with E-state index in [2.05, 4.69) is 53.1 Å². The average molecular weight is 547 g/mol. The van der Waals surface area contributed by atoms with Crippen LogP contribution in [-0.2, 0) is 12.8 Å². The van der Waals surface area contributed by atoms with Crippen molar-refractivity contribution in [3.8, 4) is 28.2 Å². The first kappa shape index (κ1) is 26.2. The van der Waals surface area contributed by atoms with Crippen LogP contribution >= 0.6 is 0 Å². The zero-order valence-electron chi connectivity index (χ0n) is 23.2. The largest absolute Gasteiger partial charge is 0.439 e. The molecule has 41 heavy (non-hydrogen) atoms. The van der Waals surface area contributed by atoms with E-state index in [0.717, 1.165) is 40.1 Å². The fraction of sp³-hybridized carbons (Fsp3) is 0.219. The summed E-state index contributed by atoms with van der Waals surface area (Å²) in [6, 6.07) is 23.8. The highest BCUT2D eigenvalue weighted by molar-refractivity contribution is 5.80. The fourth-order valence-electron chi connectivity index (χ4n) is 5.26. The van der Waals surface area contributed by atoms with E-state index in [1.807, 2.05) is 60.7 Å². The van der Waals surface area contributed by atoms with Gasteiger partial charge in [-0.1, -0.05) is 93.0 Å². The number of H-pyrrole nitrogens is 1. The Balaban J connectivity index is 1.41. The van der Waals surface area contributed by atoms with E-state index in [0.29, 0.717) is 35.9 Å². The Morgan fingerprint density at radius 3 is 2.32 bits per heavy atom. The predicted molar refractivity (Wildman–Crippen MR) is 157 cm³/mol. The molecule has 0 aliphatic carbocycles. The number of fused-ring (bicyclic) bond motifs is 1. The molecule has 9 nitrogen and oxygen atoms in total. The summed E-state index contributed by atoms with van der Waals surface area (Å²) < 4.78 is 8.18. The summed E-state index contributed by atoms with van der Waals surface area (Å²) in [5, 5.41) is 8.37. The lowest BCUT2D eigenvalue weighted by Crippen LogP contribution is -2.28. The zero-order valence-corrected chi connectivity index (χ0v) is 23.2. The van der Waals surface area contributed by atoms with Gasteiger partial charge >= 0.3 is 5.76 Å². The Hall–Kier alpha value is -5.05. The quantitative estimate of drug-likeness (QED) is 0.268. The molecule has 1 N–H and O–H groups in total. The molecular formula is C32H30N6O3. The number of aryl methyl sites for hydroxylation is 1. The van der Waals surface area contributed by atoms with Crippen LogP contribution in [0.4, 0.5) is 0 Å². The summed E-state index contributed by atoms with van der Waals surface area (Å²) in [5.74, 6) is 0.683. The number of aromatic amines is 1. The van der Waals surface area contributed by atoms with Crippen LogP contribution in [0.2, 0.25) is 0 Å². The molecule has 0 amide bonds. The second-order valence-corrected chi connectivity index (χ2v) is 10.4. The lowest BCUT2D eigenvalue weighted by Gasteiger charge is -2.16. The van der Waals surface area contributed by atoms with Crippen LogP contribution in [0.1, 0.15) is 55.5 Å². The van der Waals surface area contributed by atoms with Crippen molar-refractivity contribution in [3.05, 3.63) is 122 Å². The molecule has 6 aromatic rings. The first-order chi connectivity index (χ1) is 19.9. The maximum atomic E-state index is 14.1. The normalized spacial score (nSPS) is 11.5. The predicted octanol–water partition coefficient (Wildman–Crippen LogP) is 5.56. The molecule has 0 fully saturated rings. The molecule has 206 valence electrons. The molecule has 0 saturated carbocycles. The third-order valence-corrected chi connectivity index (χ3v) is 7.37. The SMILES string of the molecule is CCCc1c(Cc2ccc(-c3ccccc3-c3noc(=O)[nH]3)cc2)c(=O)n(-c2ccc(C(C)C)cc2)c2ncnn12. The van der Waals surface area contributed by atoms with Crippen molar-refractivity contribution in [2.24, 2.45) is 0 Å². The van der Waals surface area contributed by atoms with E-state index < -0.39 is 5.76 Å². The molecule has 6 rings (SSSR count). The molecule has 3 aromatic heterocycles. The molecule has 0 spiro atoms. The van der Waals surface area contributed by atoms with E-state index in [1.54, 1.807) is 9.08 Å². The molecule has 0 bridgehead atoms. The van der Waals surface area contributed by atoms with Crippen LogP contribution in [0.25, 0.3) is 34.0 Å². The van der Waals surface area contributed by atoms with Gasteiger partial charge in [-0.15, -0.1) is 0 Å². The zero-order chi connectivity index (χ0) is 28.5. The first-order valence-corrected chi connectivity index (χ1v) is 13.8. The van der Waals surface area contributed by atoms with Gasteiger partial charge in [0.2, 0.25) is 5.78 Å². The standard InChI is InChI=1S/C32H30N6O3/c1-4-7-28-27(30(39)37(31-33-19-34-38(28)31)24-16-14-22(15-17-24)20(2)3)18-21-10-12-23(13-11-21)25-8-5-6-9-26(25)29-35-32(40)41-36-29/h5-6,8-17,19-20H,4,7,18H2,1-3H3,(H,35,36,40). The molecule has 0 atom stereocenters. The summed E-state index contributed by atoms with van der Waals surface area (Å²) in [6.45, 7) is 6.39. The molecule has 0 radical (unpaired) electrons. The second kappa shape index (κ2) is 10.8. The topological polar surface area (TPSA) is 111 Å². The molecule has 9 heteroatoms. The maximum Gasteiger partial charge on any atom is 0.439 e. The van der Waals surface area contributed by atoms with Gasteiger partial charge in [-0.2, -0.15) is 10.1 Å². The second-order valence-electron chi connectivity index (χ2n) is 10.4. The van der Waals surface area contributed by atoms with Crippen LogP contribution in [0.5, 0.6) is 0 Å². The van der Waals surface area contributed by atoms with Crippen molar-refractivity contribution in [3.63, 3.8) is 0 Å². The van der Waals surface area contributed by atoms with Gasteiger partial charge in [-0.05, 0) is 46.7 Å².